The number of nitrogens with two attached hydrogens (primary N) is 1. The van der Waals surface area contributed by atoms with Gasteiger partial charge in [0.15, 0.2) is 0 Å². The van der Waals surface area contributed by atoms with E-state index in [2.05, 4.69) is 0 Å². The molecule has 0 radical (unpaired) electrons. The second-order valence-corrected chi connectivity index (χ2v) is 5.01. The second-order valence-electron chi connectivity index (χ2n) is 5.01. The van der Waals surface area contributed by atoms with Crippen LogP contribution in [0.4, 0.5) is 0 Å². The molecule has 5 nitrogen and oxygen atoms in total. The first-order valence-corrected chi connectivity index (χ1v) is 7.32. The highest BCUT2D eigenvalue weighted by Gasteiger charge is 2.16. The molecule has 1 amide bonds. The van der Waals surface area contributed by atoms with Gasteiger partial charge < -0.3 is 19.5 Å². The first kappa shape index (κ1) is 15.4. The van der Waals surface area contributed by atoms with E-state index in [-0.39, 0.29) is 5.91 Å². The van der Waals surface area contributed by atoms with Crippen LogP contribution < -0.4 is 5.73 Å². The van der Waals surface area contributed by atoms with E-state index >= 15 is 0 Å². The van der Waals surface area contributed by atoms with Crippen LogP contribution in [-0.4, -0.2) is 17.4 Å². The Balaban J connectivity index is 1.92. The minimum absolute atomic E-state index is 0.111. The van der Waals surface area contributed by atoms with Crippen molar-refractivity contribution in [1.29, 1.82) is 0 Å². The number of furan rings is 2. The van der Waals surface area contributed by atoms with Crippen LogP contribution in [0.1, 0.15) is 37.2 Å². The van der Waals surface area contributed by atoms with Crippen molar-refractivity contribution in [3.8, 4) is 0 Å². The highest BCUT2D eigenvalue weighted by molar-refractivity contribution is 5.76. The Kier molecular flexibility index (Phi) is 6.09. The number of carbonyl (C=O) groups excluding carboxylic acids is 1. The van der Waals surface area contributed by atoms with Gasteiger partial charge in [0.1, 0.15) is 11.5 Å². The summed E-state index contributed by atoms with van der Waals surface area (Å²) in [6.07, 6.45) is 6.57. The lowest BCUT2D eigenvalue weighted by atomic mass is 10.1. The third-order valence-electron chi connectivity index (χ3n) is 3.30. The van der Waals surface area contributed by atoms with Gasteiger partial charge in [0.05, 0.1) is 25.6 Å². The number of hydrogen-bond donors (Lipinski definition) is 1. The molecule has 0 atom stereocenters. The summed E-state index contributed by atoms with van der Waals surface area (Å²) in [5.74, 6) is 1.66. The van der Waals surface area contributed by atoms with Crippen LogP contribution in [0.5, 0.6) is 0 Å². The van der Waals surface area contributed by atoms with Crippen LogP contribution in [0.2, 0.25) is 0 Å². The van der Waals surface area contributed by atoms with E-state index in [1.54, 1.807) is 17.4 Å². The van der Waals surface area contributed by atoms with Gasteiger partial charge in [-0.1, -0.05) is 6.42 Å². The smallest absolute Gasteiger partial charge is 0.223 e. The fourth-order valence-corrected chi connectivity index (χ4v) is 2.17. The molecule has 2 aromatic rings. The number of amides is 1. The lowest BCUT2D eigenvalue weighted by Crippen LogP contribution is -2.29. The quantitative estimate of drug-likeness (QED) is 0.721. The first-order valence-electron chi connectivity index (χ1n) is 7.32. The topological polar surface area (TPSA) is 72.6 Å². The van der Waals surface area contributed by atoms with Crippen molar-refractivity contribution in [2.24, 2.45) is 5.73 Å². The Morgan fingerprint density at radius 1 is 1.00 bits per heavy atom. The van der Waals surface area contributed by atoms with Gasteiger partial charge in [-0.15, -0.1) is 0 Å². The predicted molar refractivity (Wildman–Crippen MR) is 79.2 cm³/mol. The van der Waals surface area contributed by atoms with Crippen molar-refractivity contribution >= 4 is 5.91 Å². The van der Waals surface area contributed by atoms with Crippen molar-refractivity contribution in [3.05, 3.63) is 48.3 Å². The molecule has 5 heteroatoms. The van der Waals surface area contributed by atoms with E-state index in [1.807, 2.05) is 24.3 Å². The van der Waals surface area contributed by atoms with Gasteiger partial charge in [-0.25, -0.2) is 0 Å². The standard InChI is InChI=1S/C16H22N2O3/c17-9-3-1-2-8-16(19)18(12-14-6-4-10-20-14)13-15-7-5-11-21-15/h4-7,10-11H,1-3,8-9,12-13,17H2. The maximum atomic E-state index is 12.4. The molecule has 2 rings (SSSR count). The van der Waals surface area contributed by atoms with Gasteiger partial charge in [0.2, 0.25) is 5.91 Å². The summed E-state index contributed by atoms with van der Waals surface area (Å²) >= 11 is 0. The average molecular weight is 290 g/mol. The third kappa shape index (κ3) is 5.11. The number of rotatable bonds is 9. The average Bonchev–Trinajstić information content (AvgIpc) is 3.16. The molecule has 0 aliphatic carbocycles. The van der Waals surface area contributed by atoms with Gasteiger partial charge in [0.25, 0.3) is 0 Å². The fraction of sp³-hybridized carbons (Fsp3) is 0.438. The molecule has 0 fully saturated rings. The van der Waals surface area contributed by atoms with E-state index in [1.165, 1.54) is 0 Å². The van der Waals surface area contributed by atoms with E-state index in [0.29, 0.717) is 26.1 Å². The summed E-state index contributed by atoms with van der Waals surface area (Å²) in [7, 11) is 0. The van der Waals surface area contributed by atoms with Gasteiger partial charge in [-0.05, 0) is 43.7 Å². The largest absolute Gasteiger partial charge is 0.467 e. The Morgan fingerprint density at radius 2 is 1.62 bits per heavy atom. The summed E-state index contributed by atoms with van der Waals surface area (Å²) in [4.78, 5) is 14.1. The lowest BCUT2D eigenvalue weighted by Gasteiger charge is -2.20. The Hall–Kier alpha value is -2.01. The summed E-state index contributed by atoms with van der Waals surface area (Å²) in [6, 6.07) is 7.39. The Bertz CT molecular complexity index is 469. The molecule has 0 aromatic carbocycles. The predicted octanol–water partition coefficient (Wildman–Crippen LogP) is 2.92. The highest BCUT2D eigenvalue weighted by atomic mass is 16.3. The van der Waals surface area contributed by atoms with Crippen molar-refractivity contribution in [1.82, 2.24) is 4.90 Å². The van der Waals surface area contributed by atoms with Gasteiger partial charge in [-0.3, -0.25) is 4.79 Å². The Labute approximate surface area is 124 Å². The normalized spacial score (nSPS) is 10.7. The lowest BCUT2D eigenvalue weighted by molar-refractivity contribution is -0.133. The van der Waals surface area contributed by atoms with Crippen molar-refractivity contribution < 1.29 is 13.6 Å². The van der Waals surface area contributed by atoms with Crippen LogP contribution in [0.15, 0.2) is 45.6 Å². The molecular formula is C16H22N2O3. The maximum Gasteiger partial charge on any atom is 0.223 e. The summed E-state index contributed by atoms with van der Waals surface area (Å²) in [5, 5.41) is 0. The molecule has 0 spiro atoms. The zero-order chi connectivity index (χ0) is 14.9. The molecule has 0 unspecified atom stereocenters. The fourth-order valence-electron chi connectivity index (χ4n) is 2.17. The van der Waals surface area contributed by atoms with Crippen LogP contribution in [0.25, 0.3) is 0 Å². The second kappa shape index (κ2) is 8.32. The van der Waals surface area contributed by atoms with E-state index in [9.17, 15) is 4.79 Å². The number of carbonyl (C=O) groups is 1. The molecular weight excluding hydrogens is 268 g/mol. The van der Waals surface area contributed by atoms with Crippen LogP contribution in [0.3, 0.4) is 0 Å². The van der Waals surface area contributed by atoms with Gasteiger partial charge in [-0.2, -0.15) is 0 Å². The summed E-state index contributed by atoms with van der Waals surface area (Å²) in [6.45, 7) is 1.60. The SMILES string of the molecule is NCCCCCC(=O)N(Cc1ccco1)Cc1ccco1. The zero-order valence-electron chi connectivity index (χ0n) is 12.2. The number of unbranched alkanes of at least 4 members (excludes halogenated alkanes) is 2. The third-order valence-corrected chi connectivity index (χ3v) is 3.30. The molecule has 21 heavy (non-hydrogen) atoms. The zero-order valence-corrected chi connectivity index (χ0v) is 12.2. The van der Waals surface area contributed by atoms with E-state index in [0.717, 1.165) is 30.8 Å². The molecule has 0 aliphatic rings. The molecule has 0 saturated heterocycles. The van der Waals surface area contributed by atoms with Gasteiger partial charge in [0, 0.05) is 6.42 Å². The van der Waals surface area contributed by atoms with E-state index < -0.39 is 0 Å². The van der Waals surface area contributed by atoms with Crippen LogP contribution >= 0.6 is 0 Å². The number of nitrogens with zero attached hydrogens (tertiary/aromatic N) is 1. The molecule has 0 bridgehead atoms. The molecule has 0 saturated carbocycles. The molecule has 114 valence electrons. The Morgan fingerprint density at radius 3 is 2.10 bits per heavy atom. The van der Waals surface area contributed by atoms with E-state index in [4.69, 9.17) is 14.6 Å². The van der Waals surface area contributed by atoms with Crippen molar-refractivity contribution in [2.45, 2.75) is 38.8 Å². The van der Waals surface area contributed by atoms with Crippen molar-refractivity contribution in [2.75, 3.05) is 6.54 Å². The van der Waals surface area contributed by atoms with Crippen molar-refractivity contribution in [3.63, 3.8) is 0 Å². The maximum absolute atomic E-state index is 12.4. The molecule has 0 aliphatic heterocycles. The molecule has 2 heterocycles. The first-order chi connectivity index (χ1) is 10.3. The monoisotopic (exact) mass is 290 g/mol. The highest BCUT2D eigenvalue weighted by Crippen LogP contribution is 2.13. The minimum Gasteiger partial charge on any atom is -0.467 e. The van der Waals surface area contributed by atoms with Gasteiger partial charge >= 0.3 is 0 Å². The minimum atomic E-state index is 0.111. The number of hydrogen-bond acceptors (Lipinski definition) is 4. The summed E-state index contributed by atoms with van der Waals surface area (Å²) in [5.41, 5.74) is 5.47. The molecule has 2 aromatic heterocycles. The van der Waals surface area contributed by atoms with Crippen LogP contribution in [-0.2, 0) is 17.9 Å². The summed E-state index contributed by atoms with van der Waals surface area (Å²) < 4.78 is 10.7. The molecule has 2 N–H and O–H groups in total. The van der Waals surface area contributed by atoms with Crippen LogP contribution in [0, 0.1) is 0 Å².